The fourth-order valence-corrected chi connectivity index (χ4v) is 4.47. The molecule has 2 rings (SSSR count). The van der Waals surface area contributed by atoms with Crippen LogP contribution in [0.15, 0.2) is 33.4 Å². The zero-order valence-corrected chi connectivity index (χ0v) is 15.2. The fraction of sp³-hybridized carbons (Fsp3) is 0.467. The Labute approximate surface area is 140 Å². The van der Waals surface area contributed by atoms with Gasteiger partial charge in [-0.2, -0.15) is 4.31 Å². The van der Waals surface area contributed by atoms with Crippen LogP contribution in [-0.4, -0.2) is 35.4 Å². The Morgan fingerprint density at radius 3 is 2.48 bits per heavy atom. The monoisotopic (exact) mass is 355 g/mol. The summed E-state index contributed by atoms with van der Waals surface area (Å²) in [6.07, 6.45) is 2.25. The van der Waals surface area contributed by atoms with Crippen LogP contribution in [0.25, 0.3) is 0 Å². The molecule has 8 heteroatoms. The Morgan fingerprint density at radius 2 is 1.91 bits per heavy atom. The van der Waals surface area contributed by atoms with Gasteiger partial charge in [0.2, 0.25) is 10.0 Å². The van der Waals surface area contributed by atoms with Gasteiger partial charge in [0.25, 0.3) is 5.56 Å². The predicted molar refractivity (Wildman–Crippen MR) is 91.4 cm³/mol. The van der Waals surface area contributed by atoms with Crippen LogP contribution < -0.4 is 5.56 Å². The minimum Gasteiger partial charge on any atom is -0.308 e. The van der Waals surface area contributed by atoms with Crippen LogP contribution in [0.1, 0.15) is 31.5 Å². The second-order valence-corrected chi connectivity index (χ2v) is 7.89. The highest BCUT2D eigenvalue weighted by Gasteiger charge is 2.22. The molecule has 0 unspecified atom stereocenters. The number of aryl methyl sites for hydroxylation is 1. The Morgan fingerprint density at radius 1 is 1.22 bits per heavy atom. The Hall–Kier alpha value is -1.51. The van der Waals surface area contributed by atoms with Crippen molar-refractivity contribution in [2.45, 2.75) is 38.6 Å². The number of aromatic nitrogens is 2. The van der Waals surface area contributed by atoms with Gasteiger partial charge in [0.15, 0.2) is 0 Å². The Bertz CT molecular complexity index is 820. The molecule has 0 saturated heterocycles. The number of nitrogens with zero attached hydrogens (tertiary/aromatic N) is 3. The summed E-state index contributed by atoms with van der Waals surface area (Å²) in [6, 6.07) is 2.66. The van der Waals surface area contributed by atoms with E-state index >= 15 is 0 Å². The van der Waals surface area contributed by atoms with Gasteiger partial charge in [-0.05, 0) is 12.5 Å². The van der Waals surface area contributed by atoms with Crippen molar-refractivity contribution in [1.29, 1.82) is 0 Å². The second kappa shape index (κ2) is 7.37. The molecular formula is C15H21N3O3S2. The molecule has 2 heterocycles. The molecule has 0 aliphatic heterocycles. The first-order valence-corrected chi connectivity index (χ1v) is 9.88. The highest BCUT2D eigenvalue weighted by atomic mass is 32.2. The van der Waals surface area contributed by atoms with Gasteiger partial charge < -0.3 is 4.57 Å². The molecule has 0 saturated carbocycles. The molecule has 23 heavy (non-hydrogen) atoms. The molecule has 0 aliphatic carbocycles. The third-order valence-electron chi connectivity index (χ3n) is 3.53. The summed E-state index contributed by atoms with van der Waals surface area (Å²) in [5, 5.41) is 2.90. The van der Waals surface area contributed by atoms with E-state index in [1.165, 1.54) is 27.2 Å². The normalized spacial score (nSPS) is 12.0. The van der Waals surface area contributed by atoms with Crippen molar-refractivity contribution in [3.63, 3.8) is 0 Å². The third-order valence-corrected chi connectivity index (χ3v) is 6.61. The van der Waals surface area contributed by atoms with Crippen molar-refractivity contribution < 1.29 is 8.42 Å². The van der Waals surface area contributed by atoms with E-state index in [-0.39, 0.29) is 17.0 Å². The van der Waals surface area contributed by atoms with E-state index in [0.717, 1.165) is 17.1 Å². The van der Waals surface area contributed by atoms with Crippen molar-refractivity contribution in [1.82, 2.24) is 13.9 Å². The number of rotatable bonds is 7. The van der Waals surface area contributed by atoms with Gasteiger partial charge in [-0.1, -0.05) is 20.8 Å². The van der Waals surface area contributed by atoms with Gasteiger partial charge in [0.1, 0.15) is 0 Å². The van der Waals surface area contributed by atoms with E-state index in [2.05, 4.69) is 4.98 Å². The molecule has 0 fully saturated rings. The van der Waals surface area contributed by atoms with Crippen molar-refractivity contribution in [3.05, 3.63) is 44.8 Å². The van der Waals surface area contributed by atoms with Crippen molar-refractivity contribution in [3.8, 4) is 0 Å². The van der Waals surface area contributed by atoms with Gasteiger partial charge in [-0.15, -0.1) is 11.3 Å². The molecule has 126 valence electrons. The van der Waals surface area contributed by atoms with Crippen LogP contribution in [-0.2, 0) is 23.0 Å². The molecule has 0 bridgehead atoms. The van der Waals surface area contributed by atoms with Crippen LogP contribution in [0, 0.1) is 0 Å². The number of pyridine rings is 1. The van der Waals surface area contributed by atoms with Crippen LogP contribution in [0.4, 0.5) is 0 Å². The van der Waals surface area contributed by atoms with Crippen LogP contribution in [0.3, 0.4) is 0 Å². The summed E-state index contributed by atoms with van der Waals surface area (Å²) in [5.74, 6) is 0. The number of hydrogen-bond donors (Lipinski definition) is 0. The predicted octanol–water partition coefficient (Wildman–Crippen LogP) is 1.95. The topological polar surface area (TPSA) is 72.3 Å². The number of hydrogen-bond acceptors (Lipinski definition) is 5. The molecule has 0 radical (unpaired) electrons. The molecule has 6 nitrogen and oxygen atoms in total. The lowest BCUT2D eigenvalue weighted by Gasteiger charge is -2.18. The Balaban J connectivity index is 2.37. The largest absolute Gasteiger partial charge is 0.308 e. The maximum Gasteiger partial charge on any atom is 0.250 e. The van der Waals surface area contributed by atoms with Crippen LogP contribution >= 0.6 is 11.3 Å². The smallest absolute Gasteiger partial charge is 0.250 e. The van der Waals surface area contributed by atoms with Gasteiger partial charge in [-0.3, -0.25) is 4.79 Å². The van der Waals surface area contributed by atoms with E-state index in [9.17, 15) is 13.2 Å². The molecule has 0 amide bonds. The summed E-state index contributed by atoms with van der Waals surface area (Å²) >= 11 is 1.54. The van der Waals surface area contributed by atoms with E-state index in [1.54, 1.807) is 25.2 Å². The van der Waals surface area contributed by atoms with Gasteiger partial charge in [-0.25, -0.2) is 13.4 Å². The SMILES string of the molecule is CCc1nc(Cn2cc(S(=O)(=O)N(CC)CC)ccc2=O)cs1. The van der Waals surface area contributed by atoms with E-state index < -0.39 is 10.0 Å². The molecule has 0 N–H and O–H groups in total. The molecule has 0 aliphatic rings. The molecule has 0 aromatic carbocycles. The average Bonchev–Trinajstić information content (AvgIpc) is 2.98. The lowest BCUT2D eigenvalue weighted by Crippen LogP contribution is -2.32. The number of thiazole rings is 1. The van der Waals surface area contributed by atoms with E-state index in [4.69, 9.17) is 0 Å². The maximum absolute atomic E-state index is 12.6. The standard InChI is InChI=1S/C15H21N3O3S2/c1-4-14-16-12(11-22-14)9-17-10-13(7-8-15(17)19)23(20,21)18(5-2)6-3/h7-8,10-11H,4-6,9H2,1-3H3. The third kappa shape index (κ3) is 3.88. The first kappa shape index (κ1) is 17.8. The van der Waals surface area contributed by atoms with Gasteiger partial charge >= 0.3 is 0 Å². The zero-order valence-electron chi connectivity index (χ0n) is 13.5. The summed E-state index contributed by atoms with van der Waals surface area (Å²) in [6.45, 7) is 6.66. The van der Waals surface area contributed by atoms with Crippen LogP contribution in [0.2, 0.25) is 0 Å². The summed E-state index contributed by atoms with van der Waals surface area (Å²) in [5.41, 5.74) is 0.529. The molecule has 2 aromatic heterocycles. The quantitative estimate of drug-likeness (QED) is 0.761. The van der Waals surface area contributed by atoms with Crippen molar-refractivity contribution in [2.24, 2.45) is 0 Å². The fourth-order valence-electron chi connectivity index (χ4n) is 2.26. The number of sulfonamides is 1. The summed E-state index contributed by atoms with van der Waals surface area (Å²) in [4.78, 5) is 16.6. The minimum absolute atomic E-state index is 0.131. The van der Waals surface area contributed by atoms with Gasteiger partial charge in [0, 0.05) is 30.7 Å². The molecular weight excluding hydrogens is 334 g/mol. The molecule has 2 aromatic rings. The highest BCUT2D eigenvalue weighted by molar-refractivity contribution is 7.89. The van der Waals surface area contributed by atoms with Crippen molar-refractivity contribution >= 4 is 21.4 Å². The minimum atomic E-state index is -3.58. The Kier molecular flexibility index (Phi) is 5.72. The van der Waals surface area contributed by atoms with Crippen molar-refractivity contribution in [2.75, 3.05) is 13.1 Å². The molecule has 0 atom stereocenters. The van der Waals surface area contributed by atoms with Crippen LogP contribution in [0.5, 0.6) is 0 Å². The van der Waals surface area contributed by atoms with Gasteiger partial charge in [0.05, 0.1) is 22.1 Å². The maximum atomic E-state index is 12.6. The molecule has 0 spiro atoms. The zero-order chi connectivity index (χ0) is 17.0. The highest BCUT2D eigenvalue weighted by Crippen LogP contribution is 2.15. The lowest BCUT2D eigenvalue weighted by atomic mass is 10.4. The average molecular weight is 355 g/mol. The first-order valence-electron chi connectivity index (χ1n) is 7.56. The second-order valence-electron chi connectivity index (χ2n) is 5.01. The lowest BCUT2D eigenvalue weighted by molar-refractivity contribution is 0.444. The first-order chi connectivity index (χ1) is 10.9. The van der Waals surface area contributed by atoms with E-state index in [0.29, 0.717) is 13.1 Å². The summed E-state index contributed by atoms with van der Waals surface area (Å²) in [7, 11) is -3.58. The van der Waals surface area contributed by atoms with E-state index in [1.807, 2.05) is 12.3 Å². The summed E-state index contributed by atoms with van der Waals surface area (Å²) < 4.78 is 27.9.